The Morgan fingerprint density at radius 1 is 1.36 bits per heavy atom. The van der Waals surface area contributed by atoms with Gasteiger partial charge in [-0.1, -0.05) is 28.9 Å². The van der Waals surface area contributed by atoms with Crippen LogP contribution >= 0.6 is 27.5 Å². The maximum absolute atomic E-state index is 6.06. The van der Waals surface area contributed by atoms with E-state index in [0.29, 0.717) is 5.92 Å². The molecule has 0 saturated heterocycles. The van der Waals surface area contributed by atoms with Crippen LogP contribution in [0.25, 0.3) is 0 Å². The van der Waals surface area contributed by atoms with Crippen molar-refractivity contribution >= 4 is 27.5 Å². The molecular formula is C12H16BrCl. The highest BCUT2D eigenvalue weighted by Gasteiger charge is 2.11. The molecular weight excluding hydrogens is 259 g/mol. The summed E-state index contributed by atoms with van der Waals surface area (Å²) in [5.41, 5.74) is 2.73. The summed E-state index contributed by atoms with van der Waals surface area (Å²) in [5.74, 6) is 0.518. The van der Waals surface area contributed by atoms with Gasteiger partial charge >= 0.3 is 0 Å². The number of alkyl halides is 1. The lowest BCUT2D eigenvalue weighted by Crippen LogP contribution is -2.10. The second-order valence-corrected chi connectivity index (χ2v) is 5.53. The Balaban J connectivity index is 2.80. The second-order valence-electron chi connectivity index (χ2n) is 3.93. The van der Waals surface area contributed by atoms with Gasteiger partial charge in [0, 0.05) is 9.85 Å². The number of aryl methyl sites for hydroxylation is 1. The van der Waals surface area contributed by atoms with Crippen molar-refractivity contribution in [2.45, 2.75) is 32.6 Å². The first-order chi connectivity index (χ1) is 6.50. The number of hydrogen-bond acceptors (Lipinski definition) is 0. The molecule has 0 bridgehead atoms. The van der Waals surface area contributed by atoms with Gasteiger partial charge in [0.05, 0.1) is 0 Å². The van der Waals surface area contributed by atoms with Crippen molar-refractivity contribution in [3.63, 3.8) is 0 Å². The first kappa shape index (κ1) is 12.1. The van der Waals surface area contributed by atoms with E-state index in [2.05, 4.69) is 54.9 Å². The van der Waals surface area contributed by atoms with Crippen LogP contribution in [0, 0.1) is 12.8 Å². The normalized spacial score (nSPS) is 15.2. The highest BCUT2D eigenvalue weighted by molar-refractivity contribution is 9.10. The zero-order chi connectivity index (χ0) is 10.7. The fourth-order valence-electron chi connectivity index (χ4n) is 1.37. The molecule has 0 heterocycles. The van der Waals surface area contributed by atoms with Gasteiger partial charge in [0.1, 0.15) is 0 Å². The molecule has 0 aliphatic carbocycles. The molecule has 1 aromatic rings. The molecule has 0 radical (unpaired) electrons. The van der Waals surface area contributed by atoms with Crippen molar-refractivity contribution < 1.29 is 0 Å². The van der Waals surface area contributed by atoms with Crippen molar-refractivity contribution in [2.75, 3.05) is 0 Å². The SMILES string of the molecule is Cc1ccc(Br)cc1CC(C)C(C)Cl. The van der Waals surface area contributed by atoms with Gasteiger partial charge in [-0.2, -0.15) is 0 Å². The Morgan fingerprint density at radius 2 is 2.00 bits per heavy atom. The maximum atomic E-state index is 6.06. The highest BCUT2D eigenvalue weighted by Crippen LogP contribution is 2.21. The maximum Gasteiger partial charge on any atom is 0.0336 e. The van der Waals surface area contributed by atoms with Crippen LogP contribution in [0.1, 0.15) is 25.0 Å². The first-order valence-corrected chi connectivity index (χ1v) is 6.12. The van der Waals surface area contributed by atoms with Gasteiger partial charge in [0.25, 0.3) is 0 Å². The lowest BCUT2D eigenvalue weighted by Gasteiger charge is -2.15. The van der Waals surface area contributed by atoms with Crippen molar-refractivity contribution in [1.29, 1.82) is 0 Å². The zero-order valence-corrected chi connectivity index (χ0v) is 11.2. The van der Waals surface area contributed by atoms with Crippen molar-refractivity contribution in [1.82, 2.24) is 0 Å². The smallest absolute Gasteiger partial charge is 0.0336 e. The third-order valence-electron chi connectivity index (χ3n) is 2.64. The Bertz CT molecular complexity index is 307. The summed E-state index contributed by atoms with van der Waals surface area (Å²) in [5, 5.41) is 0.230. The van der Waals surface area contributed by atoms with Gasteiger partial charge in [0.15, 0.2) is 0 Å². The predicted octanol–water partition coefficient (Wildman–Crippen LogP) is 4.56. The summed E-state index contributed by atoms with van der Waals surface area (Å²) in [6.07, 6.45) is 1.05. The molecule has 14 heavy (non-hydrogen) atoms. The summed E-state index contributed by atoms with van der Waals surface area (Å²) in [7, 11) is 0. The van der Waals surface area contributed by atoms with Gasteiger partial charge in [-0.25, -0.2) is 0 Å². The molecule has 2 heteroatoms. The average molecular weight is 276 g/mol. The molecule has 2 atom stereocenters. The molecule has 1 rings (SSSR count). The Morgan fingerprint density at radius 3 is 2.57 bits per heavy atom. The number of hydrogen-bond donors (Lipinski definition) is 0. The minimum atomic E-state index is 0.230. The molecule has 2 unspecified atom stereocenters. The Labute approximate surface area is 99.8 Å². The van der Waals surface area contributed by atoms with Gasteiger partial charge in [0.2, 0.25) is 0 Å². The molecule has 0 N–H and O–H groups in total. The van der Waals surface area contributed by atoms with Gasteiger partial charge in [-0.05, 0) is 49.4 Å². The Kier molecular flexibility index (Phi) is 4.46. The molecule has 0 amide bonds. The molecule has 0 aliphatic heterocycles. The van der Waals surface area contributed by atoms with Gasteiger partial charge in [-0.15, -0.1) is 11.6 Å². The topological polar surface area (TPSA) is 0 Å². The third kappa shape index (κ3) is 3.29. The monoisotopic (exact) mass is 274 g/mol. The molecule has 0 aromatic heterocycles. The molecule has 0 aliphatic rings. The molecule has 78 valence electrons. The van der Waals surface area contributed by atoms with Crippen LogP contribution < -0.4 is 0 Å². The van der Waals surface area contributed by atoms with Crippen LogP contribution in [0.3, 0.4) is 0 Å². The minimum Gasteiger partial charge on any atom is -0.123 e. The van der Waals surface area contributed by atoms with Crippen LogP contribution in [0.4, 0.5) is 0 Å². The fraction of sp³-hybridized carbons (Fsp3) is 0.500. The summed E-state index contributed by atoms with van der Waals surface area (Å²) in [6.45, 7) is 6.39. The van der Waals surface area contributed by atoms with E-state index in [9.17, 15) is 0 Å². The fourth-order valence-corrected chi connectivity index (χ4v) is 1.87. The van der Waals surface area contributed by atoms with E-state index in [0.717, 1.165) is 10.9 Å². The van der Waals surface area contributed by atoms with Crippen LogP contribution in [0.5, 0.6) is 0 Å². The molecule has 0 spiro atoms. The van der Waals surface area contributed by atoms with Crippen molar-refractivity contribution in [3.8, 4) is 0 Å². The average Bonchev–Trinajstić information content (AvgIpc) is 2.11. The van der Waals surface area contributed by atoms with E-state index >= 15 is 0 Å². The van der Waals surface area contributed by atoms with Crippen LogP contribution in [-0.2, 0) is 6.42 Å². The van der Waals surface area contributed by atoms with E-state index in [1.807, 2.05) is 0 Å². The second kappa shape index (κ2) is 5.18. The van der Waals surface area contributed by atoms with Gasteiger partial charge < -0.3 is 0 Å². The standard InChI is InChI=1S/C12H16BrCl/c1-8-4-5-12(13)7-11(8)6-9(2)10(3)14/h4-5,7,9-10H,6H2,1-3H3. The van der Waals surface area contributed by atoms with E-state index in [4.69, 9.17) is 11.6 Å². The lowest BCUT2D eigenvalue weighted by atomic mass is 9.95. The van der Waals surface area contributed by atoms with E-state index in [-0.39, 0.29) is 5.38 Å². The highest BCUT2D eigenvalue weighted by atomic mass is 79.9. The number of halogens is 2. The summed E-state index contributed by atoms with van der Waals surface area (Å²) >= 11 is 9.55. The zero-order valence-electron chi connectivity index (χ0n) is 8.85. The van der Waals surface area contributed by atoms with Crippen LogP contribution in [0.15, 0.2) is 22.7 Å². The molecule has 1 aromatic carbocycles. The third-order valence-corrected chi connectivity index (χ3v) is 3.56. The van der Waals surface area contributed by atoms with E-state index < -0.39 is 0 Å². The molecule has 0 nitrogen and oxygen atoms in total. The molecule has 0 fully saturated rings. The quantitative estimate of drug-likeness (QED) is 0.709. The largest absolute Gasteiger partial charge is 0.123 e. The Hall–Kier alpha value is -0.0100. The number of benzene rings is 1. The van der Waals surface area contributed by atoms with E-state index in [1.54, 1.807) is 0 Å². The van der Waals surface area contributed by atoms with Crippen molar-refractivity contribution in [2.24, 2.45) is 5.92 Å². The van der Waals surface area contributed by atoms with Crippen molar-refractivity contribution in [3.05, 3.63) is 33.8 Å². The summed E-state index contributed by atoms with van der Waals surface area (Å²) in [6, 6.07) is 6.41. The number of rotatable bonds is 3. The predicted molar refractivity (Wildman–Crippen MR) is 67.1 cm³/mol. The first-order valence-electron chi connectivity index (χ1n) is 4.90. The van der Waals surface area contributed by atoms with Crippen LogP contribution in [0.2, 0.25) is 0 Å². The molecule has 0 saturated carbocycles. The summed E-state index contributed by atoms with van der Waals surface area (Å²) in [4.78, 5) is 0. The minimum absolute atomic E-state index is 0.230. The summed E-state index contributed by atoms with van der Waals surface area (Å²) < 4.78 is 1.15. The lowest BCUT2D eigenvalue weighted by molar-refractivity contribution is 0.566. The van der Waals surface area contributed by atoms with Crippen LogP contribution in [-0.4, -0.2) is 5.38 Å². The van der Waals surface area contributed by atoms with E-state index in [1.165, 1.54) is 11.1 Å². The van der Waals surface area contributed by atoms with Gasteiger partial charge in [-0.3, -0.25) is 0 Å².